The van der Waals surface area contributed by atoms with Crippen molar-refractivity contribution in [3.63, 3.8) is 0 Å². The number of aliphatic hydroxyl groups is 1. The molecule has 1 aromatic carbocycles. The summed E-state index contributed by atoms with van der Waals surface area (Å²) in [5, 5.41) is 9.41. The second kappa shape index (κ2) is 6.55. The third-order valence-electron chi connectivity index (χ3n) is 3.58. The Morgan fingerprint density at radius 2 is 2.11 bits per heavy atom. The van der Waals surface area contributed by atoms with Crippen molar-refractivity contribution in [2.45, 2.75) is 19.4 Å². The molecule has 1 aliphatic heterocycles. The topological polar surface area (TPSA) is 32.7 Å². The van der Waals surface area contributed by atoms with Crippen molar-refractivity contribution in [3.8, 4) is 0 Å². The Labute approximate surface area is 117 Å². The summed E-state index contributed by atoms with van der Waals surface area (Å²) in [5.41, 5.74) is 2.16. The van der Waals surface area contributed by atoms with Crippen molar-refractivity contribution in [1.82, 2.24) is 0 Å². The van der Waals surface area contributed by atoms with Gasteiger partial charge in [-0.3, -0.25) is 0 Å². The van der Waals surface area contributed by atoms with Gasteiger partial charge < -0.3 is 14.7 Å². The molecule has 0 spiro atoms. The smallest absolute Gasteiger partial charge is 0.0702 e. The maximum absolute atomic E-state index is 9.41. The van der Waals surface area contributed by atoms with Crippen LogP contribution in [0.25, 0.3) is 0 Å². The average Bonchev–Trinajstić information content (AvgIpc) is 2.40. The first kappa shape index (κ1) is 13.8. The summed E-state index contributed by atoms with van der Waals surface area (Å²) in [6.07, 6.45) is 2.32. The van der Waals surface area contributed by atoms with Gasteiger partial charge in [0.15, 0.2) is 0 Å². The Morgan fingerprint density at radius 1 is 1.39 bits per heavy atom. The van der Waals surface area contributed by atoms with Gasteiger partial charge in [0.05, 0.1) is 6.61 Å². The molecule has 1 aromatic rings. The molecule has 0 radical (unpaired) electrons. The van der Waals surface area contributed by atoms with Crippen LogP contribution in [0.2, 0.25) is 0 Å². The van der Waals surface area contributed by atoms with Gasteiger partial charge in [0.25, 0.3) is 0 Å². The van der Waals surface area contributed by atoms with E-state index >= 15 is 0 Å². The fourth-order valence-corrected chi connectivity index (χ4v) is 2.89. The van der Waals surface area contributed by atoms with E-state index in [0.717, 1.165) is 48.3 Å². The summed E-state index contributed by atoms with van der Waals surface area (Å²) in [5.74, 6) is 0.677. The average molecular weight is 314 g/mol. The van der Waals surface area contributed by atoms with E-state index in [2.05, 4.69) is 26.9 Å². The van der Waals surface area contributed by atoms with Crippen LogP contribution < -0.4 is 4.90 Å². The number of aliphatic hydroxyl groups excluding tert-OH is 1. The number of methoxy groups -OCH3 is 1. The van der Waals surface area contributed by atoms with Crippen LogP contribution in [0.3, 0.4) is 0 Å². The highest BCUT2D eigenvalue weighted by atomic mass is 79.9. The van der Waals surface area contributed by atoms with Crippen LogP contribution in [0.15, 0.2) is 22.7 Å². The van der Waals surface area contributed by atoms with E-state index in [0.29, 0.717) is 5.92 Å². The largest absolute Gasteiger partial charge is 0.392 e. The van der Waals surface area contributed by atoms with Gasteiger partial charge in [0.1, 0.15) is 0 Å². The Balaban J connectivity index is 2.06. The van der Waals surface area contributed by atoms with Gasteiger partial charge in [0.2, 0.25) is 0 Å². The Hall–Kier alpha value is -0.580. The Bertz CT molecular complexity index is 389. The summed E-state index contributed by atoms with van der Waals surface area (Å²) in [6.45, 7) is 3.04. The molecule has 18 heavy (non-hydrogen) atoms. The molecule has 1 N–H and O–H groups in total. The van der Waals surface area contributed by atoms with Gasteiger partial charge in [-0.2, -0.15) is 0 Å². The van der Waals surface area contributed by atoms with Crippen molar-refractivity contribution < 1.29 is 9.84 Å². The van der Waals surface area contributed by atoms with Crippen molar-refractivity contribution >= 4 is 21.6 Å². The fraction of sp³-hybridized carbons (Fsp3) is 0.571. The number of benzene rings is 1. The SMILES string of the molecule is COCC1CCN(c2cc(Br)ccc2CO)CC1. The molecule has 0 amide bonds. The lowest BCUT2D eigenvalue weighted by atomic mass is 9.97. The summed E-state index contributed by atoms with van der Waals surface area (Å²) >= 11 is 3.50. The number of rotatable bonds is 4. The van der Waals surface area contributed by atoms with Gasteiger partial charge in [-0.15, -0.1) is 0 Å². The number of hydrogen-bond acceptors (Lipinski definition) is 3. The highest BCUT2D eigenvalue weighted by molar-refractivity contribution is 9.10. The second-order valence-electron chi connectivity index (χ2n) is 4.82. The zero-order chi connectivity index (χ0) is 13.0. The minimum atomic E-state index is 0.0978. The number of hydrogen-bond donors (Lipinski definition) is 1. The number of halogens is 1. The number of ether oxygens (including phenoxy) is 1. The maximum atomic E-state index is 9.41. The lowest BCUT2D eigenvalue weighted by Crippen LogP contribution is -2.35. The quantitative estimate of drug-likeness (QED) is 0.927. The van der Waals surface area contributed by atoms with E-state index in [9.17, 15) is 5.11 Å². The van der Waals surface area contributed by atoms with Crippen molar-refractivity contribution in [2.75, 3.05) is 31.7 Å². The third kappa shape index (κ3) is 3.25. The van der Waals surface area contributed by atoms with E-state index < -0.39 is 0 Å². The first-order valence-electron chi connectivity index (χ1n) is 6.37. The molecule has 2 rings (SSSR count). The van der Waals surface area contributed by atoms with Crippen LogP contribution >= 0.6 is 15.9 Å². The molecule has 100 valence electrons. The molecule has 1 saturated heterocycles. The minimum absolute atomic E-state index is 0.0978. The molecule has 0 aromatic heterocycles. The molecule has 0 bridgehead atoms. The lowest BCUT2D eigenvalue weighted by molar-refractivity contribution is 0.139. The predicted molar refractivity (Wildman–Crippen MR) is 76.9 cm³/mol. The summed E-state index contributed by atoms with van der Waals surface area (Å²) in [6, 6.07) is 6.07. The Kier molecular flexibility index (Phi) is 5.03. The fourth-order valence-electron chi connectivity index (χ4n) is 2.54. The molecule has 0 atom stereocenters. The molecule has 3 nitrogen and oxygen atoms in total. The highest BCUT2D eigenvalue weighted by Gasteiger charge is 2.20. The first-order chi connectivity index (χ1) is 8.74. The van der Waals surface area contributed by atoms with Crippen LogP contribution in [0.4, 0.5) is 5.69 Å². The normalized spacial score (nSPS) is 17.2. The van der Waals surface area contributed by atoms with Gasteiger partial charge in [-0.1, -0.05) is 22.0 Å². The first-order valence-corrected chi connectivity index (χ1v) is 7.17. The van der Waals surface area contributed by atoms with Crippen molar-refractivity contribution in [3.05, 3.63) is 28.2 Å². The van der Waals surface area contributed by atoms with Crippen molar-refractivity contribution in [1.29, 1.82) is 0 Å². The van der Waals surface area contributed by atoms with E-state index in [1.807, 2.05) is 12.1 Å². The highest BCUT2D eigenvalue weighted by Crippen LogP contribution is 2.29. The second-order valence-corrected chi connectivity index (χ2v) is 5.73. The van der Waals surface area contributed by atoms with Crippen LogP contribution in [0, 0.1) is 5.92 Å². The number of piperidine rings is 1. The summed E-state index contributed by atoms with van der Waals surface area (Å²) in [7, 11) is 1.77. The van der Waals surface area contributed by atoms with Crippen LogP contribution in [-0.2, 0) is 11.3 Å². The number of nitrogens with zero attached hydrogens (tertiary/aromatic N) is 1. The van der Waals surface area contributed by atoms with Gasteiger partial charge in [0, 0.05) is 42.5 Å². The predicted octanol–water partition coefficient (Wildman–Crippen LogP) is 2.80. The van der Waals surface area contributed by atoms with E-state index in [4.69, 9.17) is 4.74 Å². The molecular weight excluding hydrogens is 294 g/mol. The molecule has 1 aliphatic rings. The van der Waals surface area contributed by atoms with Crippen molar-refractivity contribution in [2.24, 2.45) is 5.92 Å². The Morgan fingerprint density at radius 3 is 2.72 bits per heavy atom. The molecule has 1 heterocycles. The zero-order valence-corrected chi connectivity index (χ0v) is 12.3. The molecule has 4 heteroatoms. The molecular formula is C14H20BrNO2. The lowest BCUT2D eigenvalue weighted by Gasteiger charge is -2.34. The van der Waals surface area contributed by atoms with Gasteiger partial charge in [-0.25, -0.2) is 0 Å². The van der Waals surface area contributed by atoms with Crippen LogP contribution in [0.5, 0.6) is 0 Å². The summed E-state index contributed by atoms with van der Waals surface area (Å²) < 4.78 is 6.28. The monoisotopic (exact) mass is 313 g/mol. The molecule has 0 unspecified atom stereocenters. The third-order valence-corrected chi connectivity index (χ3v) is 4.07. The van der Waals surface area contributed by atoms with Gasteiger partial charge >= 0.3 is 0 Å². The minimum Gasteiger partial charge on any atom is -0.392 e. The number of anilines is 1. The zero-order valence-electron chi connectivity index (χ0n) is 10.7. The standard InChI is InChI=1S/C14H20BrNO2/c1-18-10-11-4-6-16(7-5-11)14-8-13(15)3-2-12(14)9-17/h2-3,8,11,17H,4-7,9-10H2,1H3. The van der Waals surface area contributed by atoms with E-state index in [1.165, 1.54) is 0 Å². The maximum Gasteiger partial charge on any atom is 0.0702 e. The molecule has 0 aliphatic carbocycles. The van der Waals surface area contributed by atoms with Crippen LogP contribution in [-0.4, -0.2) is 31.9 Å². The van der Waals surface area contributed by atoms with Gasteiger partial charge in [-0.05, 0) is 30.9 Å². The van der Waals surface area contributed by atoms with E-state index in [1.54, 1.807) is 7.11 Å². The molecule has 0 saturated carbocycles. The van der Waals surface area contributed by atoms with Crippen LogP contribution in [0.1, 0.15) is 18.4 Å². The van der Waals surface area contributed by atoms with E-state index in [-0.39, 0.29) is 6.61 Å². The molecule has 1 fully saturated rings. The summed E-state index contributed by atoms with van der Waals surface area (Å²) in [4.78, 5) is 2.36.